The van der Waals surface area contributed by atoms with Crippen LogP contribution in [0.25, 0.3) is 0 Å². The fourth-order valence-corrected chi connectivity index (χ4v) is 2.34. The zero-order chi connectivity index (χ0) is 12.3. The van der Waals surface area contributed by atoms with Crippen LogP contribution >= 0.6 is 0 Å². The second-order valence-electron chi connectivity index (χ2n) is 4.37. The van der Waals surface area contributed by atoms with Gasteiger partial charge in [-0.05, 0) is 17.5 Å². The summed E-state index contributed by atoms with van der Waals surface area (Å²) in [6.45, 7) is 1.14. The zero-order valence-corrected chi connectivity index (χ0v) is 9.60. The van der Waals surface area contributed by atoms with E-state index in [0.29, 0.717) is 12.5 Å². The van der Waals surface area contributed by atoms with E-state index in [9.17, 15) is 4.79 Å². The summed E-state index contributed by atoms with van der Waals surface area (Å²) < 4.78 is 0. The van der Waals surface area contributed by atoms with Gasteiger partial charge >= 0.3 is 5.97 Å². The Morgan fingerprint density at radius 2 is 2.29 bits per heavy atom. The lowest BCUT2D eigenvalue weighted by Gasteiger charge is -2.33. The van der Waals surface area contributed by atoms with Gasteiger partial charge in [0.25, 0.3) is 0 Å². The maximum atomic E-state index is 10.7. The zero-order valence-electron chi connectivity index (χ0n) is 9.60. The summed E-state index contributed by atoms with van der Waals surface area (Å²) in [6, 6.07) is 8.28. The summed E-state index contributed by atoms with van der Waals surface area (Å²) in [5.41, 5.74) is 2.70. The first-order valence-electron chi connectivity index (χ1n) is 5.66. The van der Waals surface area contributed by atoms with Crippen LogP contribution in [0.4, 0.5) is 0 Å². The van der Waals surface area contributed by atoms with E-state index in [1.54, 1.807) is 0 Å². The Balaban J connectivity index is 1.97. The van der Waals surface area contributed by atoms with E-state index in [-0.39, 0.29) is 6.54 Å². The van der Waals surface area contributed by atoms with Gasteiger partial charge in [-0.3, -0.25) is 9.69 Å². The molecule has 0 radical (unpaired) electrons. The van der Waals surface area contributed by atoms with E-state index in [2.05, 4.69) is 18.1 Å². The number of nitrogens with zero attached hydrogens (tertiary/aromatic N) is 1. The lowest BCUT2D eigenvalue weighted by atomic mass is 9.77. The van der Waals surface area contributed by atoms with Gasteiger partial charge in [-0.15, -0.1) is 6.42 Å². The van der Waals surface area contributed by atoms with Gasteiger partial charge in [0.05, 0.1) is 13.1 Å². The van der Waals surface area contributed by atoms with E-state index >= 15 is 0 Å². The van der Waals surface area contributed by atoms with Gasteiger partial charge < -0.3 is 5.11 Å². The van der Waals surface area contributed by atoms with Crippen molar-refractivity contribution in [3.8, 4) is 12.3 Å². The number of hydrogen-bond acceptors (Lipinski definition) is 2. The number of hydrogen-bond donors (Lipinski definition) is 1. The number of fused-ring (bicyclic) bond motifs is 1. The van der Waals surface area contributed by atoms with Crippen molar-refractivity contribution in [2.24, 2.45) is 0 Å². The molecule has 1 unspecified atom stereocenters. The molecule has 17 heavy (non-hydrogen) atoms. The van der Waals surface area contributed by atoms with Crippen LogP contribution in [-0.2, 0) is 11.2 Å². The molecule has 0 bridgehead atoms. The first-order chi connectivity index (χ1) is 8.20. The minimum absolute atomic E-state index is 0.0167. The molecule has 0 saturated carbocycles. The predicted octanol–water partition coefficient (Wildman–Crippen LogP) is 1.35. The molecular weight excluding hydrogens is 214 g/mol. The Bertz CT molecular complexity index is 462. The predicted molar refractivity (Wildman–Crippen MR) is 65.8 cm³/mol. The fraction of sp³-hybridized carbons (Fsp3) is 0.357. The third kappa shape index (κ3) is 2.66. The van der Waals surface area contributed by atoms with Crippen LogP contribution < -0.4 is 0 Å². The third-order valence-corrected chi connectivity index (χ3v) is 3.11. The number of terminal acetylenes is 1. The van der Waals surface area contributed by atoms with E-state index in [0.717, 1.165) is 13.0 Å². The van der Waals surface area contributed by atoms with E-state index in [4.69, 9.17) is 11.5 Å². The van der Waals surface area contributed by atoms with E-state index < -0.39 is 5.97 Å². The molecule has 0 heterocycles. The second-order valence-corrected chi connectivity index (χ2v) is 4.37. The molecule has 0 aliphatic heterocycles. The molecule has 3 nitrogen and oxygen atoms in total. The van der Waals surface area contributed by atoms with Crippen molar-refractivity contribution in [3.05, 3.63) is 35.4 Å². The third-order valence-electron chi connectivity index (χ3n) is 3.11. The number of aliphatic carboxylic acids is 1. The number of rotatable bonds is 5. The number of carboxylic acid groups (broad SMARTS) is 1. The maximum absolute atomic E-state index is 10.7. The highest BCUT2D eigenvalue weighted by molar-refractivity contribution is 5.69. The monoisotopic (exact) mass is 229 g/mol. The molecule has 3 heteroatoms. The highest BCUT2D eigenvalue weighted by atomic mass is 16.4. The van der Waals surface area contributed by atoms with E-state index in [1.165, 1.54) is 11.1 Å². The summed E-state index contributed by atoms with van der Waals surface area (Å²) in [5, 5.41) is 8.80. The molecule has 0 amide bonds. The molecule has 0 aromatic heterocycles. The first kappa shape index (κ1) is 11.7. The van der Waals surface area contributed by atoms with Crippen molar-refractivity contribution in [3.63, 3.8) is 0 Å². The van der Waals surface area contributed by atoms with Crippen molar-refractivity contribution >= 4 is 5.97 Å². The maximum Gasteiger partial charge on any atom is 0.317 e. The van der Waals surface area contributed by atoms with Crippen LogP contribution in [0.3, 0.4) is 0 Å². The lowest BCUT2D eigenvalue weighted by molar-refractivity contribution is -0.138. The number of benzene rings is 1. The molecule has 0 fully saturated rings. The smallest absolute Gasteiger partial charge is 0.317 e. The molecule has 1 N–H and O–H groups in total. The van der Waals surface area contributed by atoms with Gasteiger partial charge in [0, 0.05) is 12.5 Å². The molecular formula is C14H15NO2. The van der Waals surface area contributed by atoms with Crippen LogP contribution in [0.15, 0.2) is 24.3 Å². The Morgan fingerprint density at radius 1 is 1.53 bits per heavy atom. The Hall–Kier alpha value is -1.79. The highest BCUT2D eigenvalue weighted by Gasteiger charge is 2.27. The number of carboxylic acids is 1. The fourth-order valence-electron chi connectivity index (χ4n) is 2.34. The van der Waals surface area contributed by atoms with Gasteiger partial charge in [-0.25, -0.2) is 0 Å². The summed E-state index contributed by atoms with van der Waals surface area (Å²) in [6.07, 6.45) is 6.28. The van der Waals surface area contributed by atoms with Crippen molar-refractivity contribution in [1.82, 2.24) is 4.90 Å². The van der Waals surface area contributed by atoms with Gasteiger partial charge in [0.15, 0.2) is 0 Å². The van der Waals surface area contributed by atoms with Gasteiger partial charge in [0.1, 0.15) is 0 Å². The molecule has 1 aromatic carbocycles. The minimum Gasteiger partial charge on any atom is -0.480 e. The summed E-state index contributed by atoms with van der Waals surface area (Å²) in [5.74, 6) is 2.12. The van der Waals surface area contributed by atoms with Crippen LogP contribution in [0.5, 0.6) is 0 Å². The molecule has 2 rings (SSSR count). The van der Waals surface area contributed by atoms with Crippen LogP contribution in [-0.4, -0.2) is 35.6 Å². The summed E-state index contributed by atoms with van der Waals surface area (Å²) in [4.78, 5) is 12.5. The van der Waals surface area contributed by atoms with Gasteiger partial charge in [0.2, 0.25) is 0 Å². The average molecular weight is 229 g/mol. The molecule has 0 spiro atoms. The van der Waals surface area contributed by atoms with Gasteiger partial charge in [-0.1, -0.05) is 30.2 Å². The molecule has 88 valence electrons. The van der Waals surface area contributed by atoms with Crippen LogP contribution in [0.1, 0.15) is 17.0 Å². The second kappa shape index (κ2) is 5.03. The highest BCUT2D eigenvalue weighted by Crippen LogP contribution is 2.35. The summed E-state index contributed by atoms with van der Waals surface area (Å²) in [7, 11) is 0. The molecule has 1 atom stereocenters. The Morgan fingerprint density at radius 3 is 2.94 bits per heavy atom. The van der Waals surface area contributed by atoms with E-state index in [1.807, 2.05) is 17.0 Å². The number of carbonyl (C=O) groups is 1. The van der Waals surface area contributed by atoms with Crippen molar-refractivity contribution in [2.45, 2.75) is 12.3 Å². The van der Waals surface area contributed by atoms with Crippen LogP contribution in [0, 0.1) is 12.3 Å². The quantitative estimate of drug-likeness (QED) is 0.775. The SMILES string of the molecule is C#CCN(CC(=O)O)CC1Cc2ccccc21. The largest absolute Gasteiger partial charge is 0.480 e. The van der Waals surface area contributed by atoms with Crippen LogP contribution in [0.2, 0.25) is 0 Å². The first-order valence-corrected chi connectivity index (χ1v) is 5.66. The topological polar surface area (TPSA) is 40.5 Å². The van der Waals surface area contributed by atoms with Gasteiger partial charge in [-0.2, -0.15) is 0 Å². The Labute approximate surface area is 101 Å². The normalized spacial score (nSPS) is 17.1. The lowest BCUT2D eigenvalue weighted by Crippen LogP contribution is -2.37. The standard InChI is InChI=1S/C14H15NO2/c1-2-7-15(10-14(16)17)9-12-8-11-5-3-4-6-13(11)12/h1,3-6,12H,7-10H2,(H,16,17). The molecule has 1 aliphatic carbocycles. The minimum atomic E-state index is -0.826. The summed E-state index contributed by atoms with van der Waals surface area (Å²) >= 11 is 0. The molecule has 0 saturated heterocycles. The average Bonchev–Trinajstić information content (AvgIpc) is 2.25. The van der Waals surface area contributed by atoms with Crippen molar-refractivity contribution < 1.29 is 9.90 Å². The Kier molecular flexibility index (Phi) is 3.46. The van der Waals surface area contributed by atoms with Crippen molar-refractivity contribution in [2.75, 3.05) is 19.6 Å². The molecule has 1 aromatic rings. The van der Waals surface area contributed by atoms with Crippen molar-refractivity contribution in [1.29, 1.82) is 0 Å². The molecule has 1 aliphatic rings.